The number of hydrogen-bond acceptors (Lipinski definition) is 20. The van der Waals surface area contributed by atoms with Gasteiger partial charge in [0, 0.05) is 30.0 Å². The van der Waals surface area contributed by atoms with E-state index >= 15 is 0 Å². The molecule has 0 bridgehead atoms. The zero-order valence-corrected chi connectivity index (χ0v) is 33.4. The number of anilines is 1. The van der Waals surface area contributed by atoms with Gasteiger partial charge in [-0.05, 0) is 42.5 Å². The average molecular weight is 898 g/mol. The molecule has 310 valence electrons. The lowest BCUT2D eigenvalue weighted by Gasteiger charge is -2.15. The van der Waals surface area contributed by atoms with E-state index < -0.39 is 108 Å². The smallest absolute Gasteiger partial charge is 0.397 e. The quantitative estimate of drug-likeness (QED) is 0.0699. The molecule has 4 aromatic carbocycles. The van der Waals surface area contributed by atoms with Crippen LogP contribution in [-0.4, -0.2) is 107 Å². The molecule has 0 aliphatic carbocycles. The third-order valence-corrected chi connectivity index (χ3v) is 12.6. The van der Waals surface area contributed by atoms with Gasteiger partial charge in [-0.25, -0.2) is 25.2 Å². The zero-order valence-electron chi connectivity index (χ0n) is 29.4. The number of azo groups is 2. The summed E-state index contributed by atoms with van der Waals surface area (Å²) in [6, 6.07) is 10.4. The molecule has 0 radical (unpaired) electrons. The molecule has 0 spiro atoms. The molecule has 5 N–H and O–H groups in total. The maximum absolute atomic E-state index is 12.8. The fourth-order valence-corrected chi connectivity index (χ4v) is 8.67. The molecule has 23 nitrogen and oxygen atoms in total. The SMILES string of the molecule is CNc1ccc2c(OC)c(/N=N/c3cc(OC)c(S(=O)(=O)CCOS(=O)(=O)O)cc3O)c(S(=O)(=O)O)cc2c1/N=N/c1ccc(S(=O)(=O)CCOS(=O)(=O)O)cc1. The standard InChI is InChI=1S/C29H31N5O18S5/c1-30-21-9-8-19-20(27(21)33-31-17-4-6-18(7-5-17)53(36,37)12-10-51-56(43,44)45)14-26(55(40,41)42)28(29(19)50-3)34-32-22-15-24(49-2)25(16-23(22)35)54(38,39)13-11-52-57(46,47)48/h4-9,14-16,30,35H,10-13H2,1-3H3,(H,40,41,42)(H,43,44,45)(H,46,47,48)/b33-31+,34-32+. The van der Waals surface area contributed by atoms with E-state index in [1.54, 1.807) is 0 Å². The monoisotopic (exact) mass is 897 g/mol. The van der Waals surface area contributed by atoms with Crippen LogP contribution in [0.1, 0.15) is 0 Å². The maximum atomic E-state index is 12.8. The lowest BCUT2D eigenvalue weighted by molar-refractivity contribution is 0.282. The van der Waals surface area contributed by atoms with Crippen LogP contribution in [-0.2, 0) is 59.0 Å². The summed E-state index contributed by atoms with van der Waals surface area (Å²) >= 11 is 0. The number of phenols is 1. The number of fused-ring (bicyclic) bond motifs is 1. The molecule has 0 aliphatic rings. The Bertz CT molecular complexity index is 2810. The molecule has 0 saturated heterocycles. The van der Waals surface area contributed by atoms with Crippen LogP contribution >= 0.6 is 0 Å². The molecule has 0 atom stereocenters. The molecule has 0 fully saturated rings. The third-order valence-electron chi connectivity index (χ3n) is 7.42. The number of rotatable bonds is 18. The minimum atomic E-state index is -5.15. The Morgan fingerprint density at radius 2 is 1.21 bits per heavy atom. The average Bonchev–Trinajstić information content (AvgIpc) is 3.10. The molecule has 0 unspecified atom stereocenters. The van der Waals surface area contributed by atoms with Crippen molar-refractivity contribution in [1.29, 1.82) is 0 Å². The summed E-state index contributed by atoms with van der Waals surface area (Å²) in [5, 5.41) is 29.8. The number of nitrogens with one attached hydrogen (secondary N) is 1. The van der Waals surface area contributed by atoms with Crippen LogP contribution in [0.15, 0.2) is 89.7 Å². The van der Waals surface area contributed by atoms with Crippen molar-refractivity contribution >= 4 is 89.8 Å². The first-order valence-corrected chi connectivity index (χ1v) is 22.7. The first-order chi connectivity index (χ1) is 26.4. The van der Waals surface area contributed by atoms with Gasteiger partial charge in [-0.1, -0.05) is 0 Å². The van der Waals surface area contributed by atoms with Gasteiger partial charge in [-0.3, -0.25) is 13.7 Å². The Hall–Kier alpha value is -4.91. The van der Waals surface area contributed by atoms with Crippen LogP contribution in [0.2, 0.25) is 0 Å². The second-order valence-electron chi connectivity index (χ2n) is 11.1. The number of methoxy groups -OCH3 is 2. The number of nitrogens with zero attached hydrogens (tertiary/aromatic N) is 4. The van der Waals surface area contributed by atoms with Crippen LogP contribution < -0.4 is 14.8 Å². The Kier molecular flexibility index (Phi) is 13.6. The molecule has 0 saturated carbocycles. The molecule has 0 amide bonds. The van der Waals surface area contributed by atoms with E-state index in [1.807, 2.05) is 0 Å². The van der Waals surface area contributed by atoms with E-state index in [1.165, 1.54) is 31.3 Å². The van der Waals surface area contributed by atoms with Gasteiger partial charge in [0.25, 0.3) is 10.1 Å². The molecule has 0 aromatic heterocycles. The van der Waals surface area contributed by atoms with Crippen molar-refractivity contribution in [3.8, 4) is 17.2 Å². The van der Waals surface area contributed by atoms with Crippen molar-refractivity contribution in [2.75, 3.05) is 51.3 Å². The summed E-state index contributed by atoms with van der Waals surface area (Å²) in [6.45, 7) is -1.82. The highest BCUT2D eigenvalue weighted by Crippen LogP contribution is 2.47. The predicted molar refractivity (Wildman–Crippen MR) is 198 cm³/mol. The second kappa shape index (κ2) is 17.3. The Balaban J connectivity index is 1.78. The summed E-state index contributed by atoms with van der Waals surface area (Å²) in [7, 11) is -19.7. The fraction of sp³-hybridized carbons (Fsp3) is 0.241. The third kappa shape index (κ3) is 11.4. The van der Waals surface area contributed by atoms with Crippen molar-refractivity contribution in [1.82, 2.24) is 0 Å². The van der Waals surface area contributed by atoms with E-state index in [9.17, 15) is 51.7 Å². The number of aromatic hydroxyl groups is 1. The summed E-state index contributed by atoms with van der Waals surface area (Å²) in [4.78, 5) is -1.73. The van der Waals surface area contributed by atoms with Crippen LogP contribution in [0.3, 0.4) is 0 Å². The van der Waals surface area contributed by atoms with Crippen molar-refractivity contribution in [2.45, 2.75) is 14.7 Å². The normalized spacial score (nSPS) is 13.1. The second-order valence-corrected chi connectivity index (χ2v) is 18.8. The minimum absolute atomic E-state index is 0.00177. The van der Waals surface area contributed by atoms with Gasteiger partial charge in [-0.15, -0.1) is 15.3 Å². The highest BCUT2D eigenvalue weighted by molar-refractivity contribution is 7.91. The number of benzene rings is 4. The maximum Gasteiger partial charge on any atom is 0.397 e. The Morgan fingerprint density at radius 1 is 0.632 bits per heavy atom. The van der Waals surface area contributed by atoms with Gasteiger partial charge in [0.05, 0.1) is 55.2 Å². The summed E-state index contributed by atoms with van der Waals surface area (Å²) < 4.78 is 166. The van der Waals surface area contributed by atoms with Crippen LogP contribution in [0.4, 0.5) is 28.4 Å². The van der Waals surface area contributed by atoms with Gasteiger partial charge < -0.3 is 19.9 Å². The molecule has 57 heavy (non-hydrogen) atoms. The van der Waals surface area contributed by atoms with Crippen LogP contribution in [0, 0.1) is 0 Å². The number of phenolic OH excluding ortho intramolecular Hbond substituents is 1. The Morgan fingerprint density at radius 3 is 1.74 bits per heavy atom. The molecular formula is C29H31N5O18S5. The van der Waals surface area contributed by atoms with Gasteiger partial charge in [-0.2, -0.15) is 30.4 Å². The lowest BCUT2D eigenvalue weighted by atomic mass is 10.0. The molecule has 4 rings (SSSR count). The molecule has 0 aliphatic heterocycles. The predicted octanol–water partition coefficient (Wildman–Crippen LogP) is 3.87. The van der Waals surface area contributed by atoms with Gasteiger partial charge in [0.2, 0.25) is 0 Å². The van der Waals surface area contributed by atoms with E-state index in [0.29, 0.717) is 11.8 Å². The van der Waals surface area contributed by atoms with Crippen LogP contribution in [0.5, 0.6) is 17.2 Å². The number of sulfone groups is 2. The summed E-state index contributed by atoms with van der Waals surface area (Å²) in [5.74, 6) is -3.26. The van der Waals surface area contributed by atoms with Crippen molar-refractivity contribution in [2.24, 2.45) is 20.5 Å². The highest BCUT2D eigenvalue weighted by Gasteiger charge is 2.27. The molecule has 4 aromatic rings. The lowest BCUT2D eigenvalue weighted by Crippen LogP contribution is -2.16. The molecule has 28 heteroatoms. The minimum Gasteiger partial charge on any atom is -0.506 e. The van der Waals surface area contributed by atoms with Crippen LogP contribution in [0.25, 0.3) is 10.8 Å². The van der Waals surface area contributed by atoms with Crippen molar-refractivity contribution in [3.63, 3.8) is 0 Å². The topological polar surface area (TPSA) is 350 Å². The molecule has 0 heterocycles. The van der Waals surface area contributed by atoms with E-state index in [-0.39, 0.29) is 32.8 Å². The van der Waals surface area contributed by atoms with Crippen molar-refractivity contribution in [3.05, 3.63) is 54.6 Å². The van der Waals surface area contributed by atoms with E-state index in [0.717, 1.165) is 38.5 Å². The van der Waals surface area contributed by atoms with Crippen molar-refractivity contribution < 1.29 is 78.7 Å². The summed E-state index contributed by atoms with van der Waals surface area (Å²) in [5.41, 5.74) is -0.645. The first-order valence-electron chi connectivity index (χ1n) is 15.3. The highest BCUT2D eigenvalue weighted by atomic mass is 32.3. The first kappa shape index (κ1) is 44.8. The summed E-state index contributed by atoms with van der Waals surface area (Å²) in [6.07, 6.45) is 0. The van der Waals surface area contributed by atoms with Gasteiger partial charge in [0.15, 0.2) is 25.4 Å². The van der Waals surface area contributed by atoms with Gasteiger partial charge >= 0.3 is 20.8 Å². The van der Waals surface area contributed by atoms with E-state index in [2.05, 4.69) is 34.1 Å². The Labute approximate surface area is 325 Å². The zero-order chi connectivity index (χ0) is 42.6. The largest absolute Gasteiger partial charge is 0.506 e. The fourth-order valence-electron chi connectivity index (χ4n) is 4.88. The molecular weight excluding hydrogens is 867 g/mol. The number of ether oxygens (including phenoxy) is 2. The van der Waals surface area contributed by atoms with E-state index in [4.69, 9.17) is 18.6 Å². The van der Waals surface area contributed by atoms with Gasteiger partial charge in [0.1, 0.15) is 38.4 Å². The number of hydrogen-bond donors (Lipinski definition) is 5.